The van der Waals surface area contributed by atoms with Crippen LogP contribution in [-0.4, -0.2) is 55.4 Å². The average Bonchev–Trinajstić information content (AvgIpc) is 3.17. The van der Waals surface area contributed by atoms with Gasteiger partial charge in [0, 0.05) is 51.2 Å². The van der Waals surface area contributed by atoms with Crippen LogP contribution in [0.15, 0.2) is 47.5 Å². The van der Waals surface area contributed by atoms with Gasteiger partial charge in [-0.2, -0.15) is 4.31 Å². The Kier molecular flexibility index (Phi) is 6.39. The van der Waals surface area contributed by atoms with E-state index in [1.165, 1.54) is 6.07 Å². The molecule has 168 valence electrons. The summed E-state index contributed by atoms with van der Waals surface area (Å²) in [5.41, 5.74) is 1.53. The van der Waals surface area contributed by atoms with Gasteiger partial charge >= 0.3 is 0 Å². The molecule has 3 heterocycles. The van der Waals surface area contributed by atoms with Crippen LogP contribution in [0.1, 0.15) is 43.1 Å². The first-order chi connectivity index (χ1) is 14.8. The maximum atomic E-state index is 13.1. The third-order valence-electron chi connectivity index (χ3n) is 6.35. The number of benzene rings is 1. The molecule has 2 aliphatic heterocycles. The molecule has 2 aromatic rings. The number of sulfonamides is 1. The number of amides is 1. The van der Waals surface area contributed by atoms with E-state index in [2.05, 4.69) is 29.3 Å². The van der Waals surface area contributed by atoms with Gasteiger partial charge in [0.1, 0.15) is 10.6 Å². The van der Waals surface area contributed by atoms with Crippen LogP contribution < -0.4 is 10.2 Å². The molecule has 1 N–H and O–H groups in total. The number of hydrogen-bond donors (Lipinski definition) is 1. The van der Waals surface area contributed by atoms with Gasteiger partial charge in [0.15, 0.2) is 0 Å². The van der Waals surface area contributed by atoms with Crippen molar-refractivity contribution in [3.8, 4) is 0 Å². The quantitative estimate of drug-likeness (QED) is 0.770. The summed E-state index contributed by atoms with van der Waals surface area (Å²) < 4.78 is 29.3. The summed E-state index contributed by atoms with van der Waals surface area (Å²) >= 11 is 0. The number of nitrogens with one attached hydrogen (secondary N) is 1. The van der Waals surface area contributed by atoms with E-state index in [1.807, 2.05) is 18.2 Å². The standard InChI is InChI=1S/C23H32N4O3S/c1-18-8-6-13-27(15-18)31(29,30)21-14-22(25(2)17-21)23(28)24-19-9-7-12-26(16-19)20-10-4-3-5-11-20/h3-5,10-11,14,17-19H,6-9,12-13,15-16H2,1-2H3,(H,24,28). The number of nitrogens with zero attached hydrogens (tertiary/aromatic N) is 3. The van der Waals surface area contributed by atoms with E-state index in [0.29, 0.717) is 24.7 Å². The van der Waals surface area contributed by atoms with Crippen molar-refractivity contribution in [1.82, 2.24) is 14.2 Å². The average molecular weight is 445 g/mol. The molecule has 4 rings (SSSR count). The number of aryl methyl sites for hydroxylation is 1. The van der Waals surface area contributed by atoms with Crippen LogP contribution in [0.5, 0.6) is 0 Å². The van der Waals surface area contributed by atoms with Gasteiger partial charge in [0.25, 0.3) is 5.91 Å². The summed E-state index contributed by atoms with van der Waals surface area (Å²) in [7, 11) is -1.86. The van der Waals surface area contributed by atoms with Gasteiger partial charge in [-0.3, -0.25) is 4.79 Å². The van der Waals surface area contributed by atoms with Crippen molar-refractivity contribution in [1.29, 1.82) is 0 Å². The van der Waals surface area contributed by atoms with E-state index in [0.717, 1.165) is 44.5 Å². The highest BCUT2D eigenvalue weighted by molar-refractivity contribution is 7.89. The highest BCUT2D eigenvalue weighted by atomic mass is 32.2. The molecular formula is C23H32N4O3S. The van der Waals surface area contributed by atoms with Crippen LogP contribution in [-0.2, 0) is 17.1 Å². The molecule has 1 amide bonds. The zero-order chi connectivity index (χ0) is 22.0. The Hall–Kier alpha value is -2.32. The van der Waals surface area contributed by atoms with Gasteiger partial charge in [0.2, 0.25) is 10.0 Å². The minimum atomic E-state index is -3.58. The fourth-order valence-electron chi connectivity index (χ4n) is 4.64. The molecule has 31 heavy (non-hydrogen) atoms. The monoisotopic (exact) mass is 444 g/mol. The SMILES string of the molecule is CC1CCCN(S(=O)(=O)c2cc(C(=O)NC3CCCN(c4ccccc4)C3)n(C)c2)C1. The van der Waals surface area contributed by atoms with Crippen LogP contribution in [0.4, 0.5) is 5.69 Å². The third-order valence-corrected chi connectivity index (χ3v) is 8.18. The van der Waals surface area contributed by atoms with E-state index in [-0.39, 0.29) is 16.8 Å². The zero-order valence-electron chi connectivity index (χ0n) is 18.3. The van der Waals surface area contributed by atoms with Gasteiger partial charge in [0.05, 0.1) is 0 Å². The predicted octanol–water partition coefficient (Wildman–Crippen LogP) is 2.84. The van der Waals surface area contributed by atoms with E-state index >= 15 is 0 Å². The lowest BCUT2D eigenvalue weighted by Crippen LogP contribution is -2.48. The van der Waals surface area contributed by atoms with E-state index in [1.54, 1.807) is 22.1 Å². The van der Waals surface area contributed by atoms with Crippen molar-refractivity contribution < 1.29 is 13.2 Å². The Labute approximate surface area is 185 Å². The molecule has 2 atom stereocenters. The predicted molar refractivity (Wildman–Crippen MR) is 122 cm³/mol. The summed E-state index contributed by atoms with van der Waals surface area (Å²) in [6, 6.07) is 11.7. The number of para-hydroxylation sites is 1. The Balaban J connectivity index is 1.45. The maximum absolute atomic E-state index is 13.1. The molecule has 0 spiro atoms. The minimum absolute atomic E-state index is 0.0272. The van der Waals surface area contributed by atoms with Gasteiger partial charge in [-0.25, -0.2) is 8.42 Å². The van der Waals surface area contributed by atoms with Crippen molar-refractivity contribution in [3.63, 3.8) is 0 Å². The maximum Gasteiger partial charge on any atom is 0.268 e. The number of aromatic nitrogens is 1. The summed E-state index contributed by atoms with van der Waals surface area (Å²) in [4.78, 5) is 15.5. The highest BCUT2D eigenvalue weighted by Crippen LogP contribution is 2.25. The minimum Gasteiger partial charge on any atom is -0.369 e. The molecule has 2 unspecified atom stereocenters. The van der Waals surface area contributed by atoms with E-state index < -0.39 is 10.0 Å². The fourth-order valence-corrected chi connectivity index (χ4v) is 6.31. The van der Waals surface area contributed by atoms with Gasteiger partial charge in [-0.05, 0) is 49.8 Å². The summed E-state index contributed by atoms with van der Waals surface area (Å²) in [5.74, 6) is 0.129. The third kappa shape index (κ3) is 4.80. The van der Waals surface area contributed by atoms with Crippen molar-refractivity contribution >= 4 is 21.6 Å². The lowest BCUT2D eigenvalue weighted by molar-refractivity contribution is 0.0925. The smallest absolute Gasteiger partial charge is 0.268 e. The van der Waals surface area contributed by atoms with Gasteiger partial charge < -0.3 is 14.8 Å². The van der Waals surface area contributed by atoms with Crippen molar-refractivity contribution in [3.05, 3.63) is 48.3 Å². The second-order valence-electron chi connectivity index (χ2n) is 8.88. The Morgan fingerprint density at radius 3 is 2.55 bits per heavy atom. The first kappa shape index (κ1) is 21.9. The van der Waals surface area contributed by atoms with Crippen molar-refractivity contribution in [2.75, 3.05) is 31.1 Å². The lowest BCUT2D eigenvalue weighted by Gasteiger charge is -2.34. The number of hydrogen-bond acceptors (Lipinski definition) is 4. The number of anilines is 1. The van der Waals surface area contributed by atoms with Crippen LogP contribution in [0.25, 0.3) is 0 Å². The number of rotatable bonds is 5. The summed E-state index contributed by atoms with van der Waals surface area (Å²) in [6.07, 6.45) is 5.40. The van der Waals surface area contributed by atoms with Crippen LogP contribution in [0.2, 0.25) is 0 Å². The van der Waals surface area contributed by atoms with Crippen molar-refractivity contribution in [2.45, 2.75) is 43.5 Å². The molecule has 2 fully saturated rings. The lowest BCUT2D eigenvalue weighted by atomic mass is 10.0. The molecule has 0 radical (unpaired) electrons. The molecule has 0 aliphatic carbocycles. The first-order valence-electron chi connectivity index (χ1n) is 11.1. The number of carbonyl (C=O) groups is 1. The number of carbonyl (C=O) groups excluding carboxylic acids is 1. The fraction of sp³-hybridized carbons (Fsp3) is 0.522. The molecule has 0 bridgehead atoms. The molecule has 8 heteroatoms. The van der Waals surface area contributed by atoms with Gasteiger partial charge in [-0.15, -0.1) is 0 Å². The van der Waals surface area contributed by atoms with Crippen LogP contribution in [0, 0.1) is 5.92 Å². The second kappa shape index (κ2) is 9.04. The van der Waals surface area contributed by atoms with E-state index in [9.17, 15) is 13.2 Å². The first-order valence-corrected chi connectivity index (χ1v) is 12.6. The molecule has 2 aliphatic rings. The van der Waals surface area contributed by atoms with Crippen LogP contribution in [0.3, 0.4) is 0 Å². The largest absolute Gasteiger partial charge is 0.369 e. The molecule has 7 nitrogen and oxygen atoms in total. The van der Waals surface area contributed by atoms with E-state index in [4.69, 9.17) is 0 Å². The summed E-state index contributed by atoms with van der Waals surface area (Å²) in [5, 5.41) is 3.12. The van der Waals surface area contributed by atoms with Gasteiger partial charge in [-0.1, -0.05) is 25.1 Å². The number of piperidine rings is 2. The van der Waals surface area contributed by atoms with Crippen LogP contribution >= 0.6 is 0 Å². The Morgan fingerprint density at radius 2 is 1.81 bits per heavy atom. The molecule has 1 aromatic heterocycles. The molecular weight excluding hydrogens is 412 g/mol. The molecule has 2 saturated heterocycles. The Morgan fingerprint density at radius 1 is 1.06 bits per heavy atom. The second-order valence-corrected chi connectivity index (χ2v) is 10.8. The summed E-state index contributed by atoms with van der Waals surface area (Å²) in [6.45, 7) is 4.87. The Bertz CT molecular complexity index is 1020. The molecule has 1 aromatic carbocycles. The topological polar surface area (TPSA) is 74.7 Å². The van der Waals surface area contributed by atoms with Crippen molar-refractivity contribution in [2.24, 2.45) is 13.0 Å². The normalized spacial score (nSPS) is 23.0. The zero-order valence-corrected chi connectivity index (χ0v) is 19.1. The molecule has 0 saturated carbocycles. The highest BCUT2D eigenvalue weighted by Gasteiger charge is 2.31.